The summed E-state index contributed by atoms with van der Waals surface area (Å²) in [6.07, 6.45) is 6.28. The highest BCUT2D eigenvalue weighted by molar-refractivity contribution is 5.77. The smallest absolute Gasteiger partial charge is 0.234 e. The van der Waals surface area contributed by atoms with Crippen molar-refractivity contribution in [3.8, 4) is 0 Å². The normalized spacial score (nSPS) is 27.5. The van der Waals surface area contributed by atoms with Crippen LogP contribution in [0.1, 0.15) is 46.0 Å². The lowest BCUT2D eigenvalue weighted by molar-refractivity contribution is -0.122. The first-order chi connectivity index (χ1) is 9.12. The third-order valence-corrected chi connectivity index (χ3v) is 4.40. The molecule has 0 bridgehead atoms. The van der Waals surface area contributed by atoms with E-state index in [1.54, 1.807) is 0 Å². The minimum Gasteiger partial charge on any atom is -0.355 e. The zero-order valence-electron chi connectivity index (χ0n) is 12.8. The molecule has 3 atom stereocenters. The fourth-order valence-corrected chi connectivity index (χ4v) is 3.38. The zero-order chi connectivity index (χ0) is 14.3. The number of nitrogens with zero attached hydrogens (tertiary/aromatic N) is 1. The third kappa shape index (κ3) is 5.11. The van der Waals surface area contributed by atoms with E-state index < -0.39 is 0 Å². The van der Waals surface area contributed by atoms with Gasteiger partial charge in [-0.2, -0.15) is 0 Å². The molecular formula is C15H31N3O. The van der Waals surface area contributed by atoms with E-state index in [4.69, 9.17) is 5.73 Å². The molecule has 0 aliphatic heterocycles. The molecule has 112 valence electrons. The maximum absolute atomic E-state index is 11.7. The Labute approximate surface area is 118 Å². The number of rotatable bonds is 7. The Morgan fingerprint density at radius 2 is 2.11 bits per heavy atom. The van der Waals surface area contributed by atoms with Gasteiger partial charge in [-0.1, -0.05) is 26.2 Å². The number of hydrogen-bond acceptors (Lipinski definition) is 3. The Morgan fingerprint density at radius 3 is 2.68 bits per heavy atom. The number of likely N-dealkylation sites (N-methyl/N-ethyl adjacent to an activating group) is 2. The molecule has 3 N–H and O–H groups in total. The number of nitrogens with two attached hydrogens (primary N) is 1. The highest BCUT2D eigenvalue weighted by Crippen LogP contribution is 2.33. The molecule has 0 saturated heterocycles. The van der Waals surface area contributed by atoms with Crippen LogP contribution in [0, 0.1) is 11.8 Å². The van der Waals surface area contributed by atoms with E-state index in [0.717, 1.165) is 12.5 Å². The summed E-state index contributed by atoms with van der Waals surface area (Å²) >= 11 is 0. The van der Waals surface area contributed by atoms with Gasteiger partial charge in [0.15, 0.2) is 0 Å². The van der Waals surface area contributed by atoms with Crippen molar-refractivity contribution in [3.63, 3.8) is 0 Å². The second-order valence-corrected chi connectivity index (χ2v) is 5.90. The van der Waals surface area contributed by atoms with Gasteiger partial charge in [-0.25, -0.2) is 0 Å². The Hall–Kier alpha value is -0.610. The van der Waals surface area contributed by atoms with Crippen LogP contribution >= 0.6 is 0 Å². The molecule has 1 aliphatic rings. The van der Waals surface area contributed by atoms with Crippen LogP contribution in [0.3, 0.4) is 0 Å². The van der Waals surface area contributed by atoms with Crippen molar-refractivity contribution in [3.05, 3.63) is 0 Å². The molecule has 4 heteroatoms. The molecular weight excluding hydrogens is 238 g/mol. The van der Waals surface area contributed by atoms with Gasteiger partial charge in [0, 0.05) is 12.6 Å². The fraction of sp³-hybridized carbons (Fsp3) is 0.933. The predicted molar refractivity (Wildman–Crippen MR) is 79.9 cm³/mol. The van der Waals surface area contributed by atoms with E-state index in [-0.39, 0.29) is 5.91 Å². The summed E-state index contributed by atoms with van der Waals surface area (Å²) in [5, 5.41) is 2.87. The Balaban J connectivity index is 2.55. The average Bonchev–Trinajstić information content (AvgIpc) is 2.39. The summed E-state index contributed by atoms with van der Waals surface area (Å²) in [5.41, 5.74) is 5.91. The van der Waals surface area contributed by atoms with Gasteiger partial charge in [-0.05, 0) is 45.2 Å². The first kappa shape index (κ1) is 16.4. The topological polar surface area (TPSA) is 58.4 Å². The molecule has 0 aromatic rings. The van der Waals surface area contributed by atoms with Gasteiger partial charge in [-0.15, -0.1) is 0 Å². The maximum Gasteiger partial charge on any atom is 0.234 e. The Kier molecular flexibility index (Phi) is 7.39. The van der Waals surface area contributed by atoms with Crippen molar-refractivity contribution >= 4 is 5.91 Å². The lowest BCUT2D eigenvalue weighted by Gasteiger charge is -2.40. The SMILES string of the molecule is CCCC1CCC(CN)C(N(C)CC(=O)NCC)C1. The monoisotopic (exact) mass is 269 g/mol. The largest absolute Gasteiger partial charge is 0.355 e. The van der Waals surface area contributed by atoms with E-state index in [0.29, 0.717) is 25.0 Å². The minimum atomic E-state index is 0.124. The van der Waals surface area contributed by atoms with Gasteiger partial charge in [0.05, 0.1) is 6.54 Å². The minimum absolute atomic E-state index is 0.124. The Bertz CT molecular complexity index is 270. The maximum atomic E-state index is 11.7. The molecule has 0 spiro atoms. The number of amides is 1. The second kappa shape index (κ2) is 8.54. The molecule has 0 aromatic carbocycles. The van der Waals surface area contributed by atoms with Crippen LogP contribution in [0.2, 0.25) is 0 Å². The van der Waals surface area contributed by atoms with Crippen molar-refractivity contribution in [2.75, 3.05) is 26.7 Å². The summed E-state index contributed by atoms with van der Waals surface area (Å²) < 4.78 is 0. The number of carbonyl (C=O) groups is 1. The number of carbonyl (C=O) groups excluding carboxylic acids is 1. The molecule has 4 nitrogen and oxygen atoms in total. The third-order valence-electron chi connectivity index (χ3n) is 4.40. The molecule has 3 unspecified atom stereocenters. The first-order valence-corrected chi connectivity index (χ1v) is 7.79. The molecule has 0 aromatic heterocycles. The standard InChI is InChI=1S/C15H31N3O/c1-4-6-12-7-8-13(10-16)14(9-12)18(3)11-15(19)17-5-2/h12-14H,4-11,16H2,1-3H3,(H,17,19). The first-order valence-electron chi connectivity index (χ1n) is 7.79. The Morgan fingerprint density at radius 1 is 1.37 bits per heavy atom. The predicted octanol–water partition coefficient (Wildman–Crippen LogP) is 1.60. The van der Waals surface area contributed by atoms with Gasteiger partial charge < -0.3 is 11.1 Å². The van der Waals surface area contributed by atoms with Gasteiger partial charge in [-0.3, -0.25) is 9.69 Å². The van der Waals surface area contributed by atoms with E-state index >= 15 is 0 Å². The van der Waals surface area contributed by atoms with Crippen molar-refractivity contribution in [2.24, 2.45) is 17.6 Å². The van der Waals surface area contributed by atoms with Crippen LogP contribution in [0.15, 0.2) is 0 Å². The number of hydrogen-bond donors (Lipinski definition) is 2. The average molecular weight is 269 g/mol. The van der Waals surface area contributed by atoms with Crippen LogP contribution in [0.5, 0.6) is 0 Å². The van der Waals surface area contributed by atoms with E-state index in [1.807, 2.05) is 6.92 Å². The van der Waals surface area contributed by atoms with Gasteiger partial charge >= 0.3 is 0 Å². The summed E-state index contributed by atoms with van der Waals surface area (Å²) in [4.78, 5) is 13.9. The summed E-state index contributed by atoms with van der Waals surface area (Å²) in [6, 6.07) is 0.470. The number of nitrogens with one attached hydrogen (secondary N) is 1. The lowest BCUT2D eigenvalue weighted by atomic mass is 9.76. The van der Waals surface area contributed by atoms with Crippen LogP contribution in [-0.4, -0.2) is 43.5 Å². The van der Waals surface area contributed by atoms with Gasteiger partial charge in [0.25, 0.3) is 0 Å². The quantitative estimate of drug-likeness (QED) is 0.738. The molecule has 19 heavy (non-hydrogen) atoms. The molecule has 1 saturated carbocycles. The molecule has 0 radical (unpaired) electrons. The van der Waals surface area contributed by atoms with Crippen LogP contribution in [0.25, 0.3) is 0 Å². The second-order valence-electron chi connectivity index (χ2n) is 5.90. The van der Waals surface area contributed by atoms with Crippen molar-refractivity contribution in [1.29, 1.82) is 0 Å². The van der Waals surface area contributed by atoms with E-state index in [1.165, 1.54) is 32.1 Å². The molecule has 1 amide bonds. The molecule has 1 rings (SSSR count). The molecule has 0 heterocycles. The van der Waals surface area contributed by atoms with Crippen LogP contribution in [0.4, 0.5) is 0 Å². The summed E-state index contributed by atoms with van der Waals surface area (Å²) in [6.45, 7) is 6.15. The van der Waals surface area contributed by atoms with Gasteiger partial charge in [0.1, 0.15) is 0 Å². The summed E-state index contributed by atoms with van der Waals surface area (Å²) in [7, 11) is 2.07. The summed E-state index contributed by atoms with van der Waals surface area (Å²) in [5.74, 6) is 1.49. The van der Waals surface area contributed by atoms with E-state index in [2.05, 4.69) is 24.2 Å². The van der Waals surface area contributed by atoms with Crippen LogP contribution < -0.4 is 11.1 Å². The lowest BCUT2D eigenvalue weighted by Crippen LogP contribution is -2.48. The van der Waals surface area contributed by atoms with Crippen molar-refractivity contribution < 1.29 is 4.79 Å². The zero-order valence-corrected chi connectivity index (χ0v) is 12.8. The molecule has 1 aliphatic carbocycles. The van der Waals surface area contributed by atoms with Crippen molar-refractivity contribution in [2.45, 2.75) is 52.0 Å². The van der Waals surface area contributed by atoms with Crippen molar-refractivity contribution in [1.82, 2.24) is 10.2 Å². The van der Waals surface area contributed by atoms with Crippen LogP contribution in [-0.2, 0) is 4.79 Å². The molecule has 1 fully saturated rings. The van der Waals surface area contributed by atoms with E-state index in [9.17, 15) is 4.79 Å². The highest BCUT2D eigenvalue weighted by Gasteiger charge is 2.32. The highest BCUT2D eigenvalue weighted by atomic mass is 16.2. The van der Waals surface area contributed by atoms with Gasteiger partial charge in [0.2, 0.25) is 5.91 Å². The fourth-order valence-electron chi connectivity index (χ4n) is 3.38.